The van der Waals surface area contributed by atoms with Crippen LogP contribution in [0.1, 0.15) is 44.5 Å². The number of rotatable bonds is 3. The minimum Gasteiger partial charge on any atom is -0.324 e. The van der Waals surface area contributed by atoms with Crippen LogP contribution in [-0.4, -0.2) is 9.55 Å². The molecule has 1 unspecified atom stereocenters. The van der Waals surface area contributed by atoms with Gasteiger partial charge in [0.15, 0.2) is 0 Å². The van der Waals surface area contributed by atoms with Crippen molar-refractivity contribution in [3.05, 3.63) is 29.0 Å². The highest BCUT2D eigenvalue weighted by molar-refractivity contribution is 6.31. The van der Waals surface area contributed by atoms with Crippen molar-refractivity contribution in [1.82, 2.24) is 9.55 Å². The largest absolute Gasteiger partial charge is 0.324 e. The lowest BCUT2D eigenvalue weighted by molar-refractivity contribution is 0.362. The van der Waals surface area contributed by atoms with E-state index in [0.717, 1.165) is 27.8 Å². The van der Waals surface area contributed by atoms with Gasteiger partial charge in [0, 0.05) is 11.1 Å². The van der Waals surface area contributed by atoms with Gasteiger partial charge >= 0.3 is 0 Å². The zero-order chi connectivity index (χ0) is 13.4. The van der Waals surface area contributed by atoms with Crippen LogP contribution < -0.4 is 0 Å². The first-order valence-corrected chi connectivity index (χ1v) is 7.84. The van der Waals surface area contributed by atoms with Crippen LogP contribution in [0.25, 0.3) is 11.0 Å². The Hall–Kier alpha value is -0.730. The maximum Gasteiger partial charge on any atom is 0.125 e. The molecule has 1 saturated carbocycles. The summed E-state index contributed by atoms with van der Waals surface area (Å²) < 4.78 is 2.31. The second kappa shape index (κ2) is 5.34. The first kappa shape index (κ1) is 13.3. The van der Waals surface area contributed by atoms with Crippen molar-refractivity contribution >= 4 is 34.2 Å². The van der Waals surface area contributed by atoms with Crippen molar-refractivity contribution in [3.8, 4) is 0 Å². The summed E-state index contributed by atoms with van der Waals surface area (Å²) in [7, 11) is 0. The lowest BCUT2D eigenvalue weighted by Gasteiger charge is -2.23. The summed E-state index contributed by atoms with van der Waals surface area (Å²) in [4.78, 5) is 4.63. The third kappa shape index (κ3) is 2.36. The molecule has 0 bridgehead atoms. The molecule has 0 N–H and O–H groups in total. The number of imidazole rings is 1. The van der Waals surface area contributed by atoms with Gasteiger partial charge in [-0.25, -0.2) is 4.98 Å². The highest BCUT2D eigenvalue weighted by Crippen LogP contribution is 2.37. The number of hydrogen-bond donors (Lipinski definition) is 0. The molecule has 1 aromatic heterocycles. The van der Waals surface area contributed by atoms with E-state index in [1.165, 1.54) is 25.7 Å². The smallest absolute Gasteiger partial charge is 0.125 e. The van der Waals surface area contributed by atoms with E-state index in [4.69, 9.17) is 23.2 Å². The molecule has 0 radical (unpaired) electrons. The lowest BCUT2D eigenvalue weighted by Crippen LogP contribution is -2.16. The normalized spacial score (nSPS) is 18.3. The SMILES string of the molecule is CC(C1CCCC1)n1c(CCl)nc2cc(Cl)ccc21. The zero-order valence-corrected chi connectivity index (χ0v) is 12.6. The lowest BCUT2D eigenvalue weighted by atomic mass is 9.99. The average Bonchev–Trinajstić information content (AvgIpc) is 3.04. The van der Waals surface area contributed by atoms with Crippen molar-refractivity contribution in [2.45, 2.75) is 44.5 Å². The quantitative estimate of drug-likeness (QED) is 0.714. The Labute approximate surface area is 123 Å². The molecule has 2 nitrogen and oxygen atoms in total. The number of nitrogens with zero attached hydrogens (tertiary/aromatic N) is 2. The van der Waals surface area contributed by atoms with Crippen LogP contribution in [0.4, 0.5) is 0 Å². The standard InChI is InChI=1S/C15H18Cl2N2/c1-10(11-4-2-3-5-11)19-14-7-6-12(17)8-13(14)18-15(19)9-16/h6-8,10-11H,2-5,9H2,1H3. The Morgan fingerprint density at radius 1 is 1.37 bits per heavy atom. The molecular formula is C15H18Cl2N2. The highest BCUT2D eigenvalue weighted by Gasteiger charge is 2.25. The van der Waals surface area contributed by atoms with E-state index in [1.54, 1.807) is 0 Å². The highest BCUT2D eigenvalue weighted by atomic mass is 35.5. The molecule has 1 aromatic carbocycles. The van der Waals surface area contributed by atoms with Gasteiger partial charge < -0.3 is 4.57 Å². The van der Waals surface area contributed by atoms with Crippen LogP contribution in [0.2, 0.25) is 5.02 Å². The van der Waals surface area contributed by atoms with Gasteiger partial charge in [0.2, 0.25) is 0 Å². The van der Waals surface area contributed by atoms with Crippen LogP contribution in [0.15, 0.2) is 18.2 Å². The molecule has 1 heterocycles. The summed E-state index contributed by atoms with van der Waals surface area (Å²) in [6.45, 7) is 2.29. The predicted octanol–water partition coefficient (Wildman–Crippen LogP) is 5.18. The Bertz CT molecular complexity index is 585. The second-order valence-corrected chi connectivity index (χ2v) is 6.15. The van der Waals surface area contributed by atoms with Crippen molar-refractivity contribution in [2.75, 3.05) is 0 Å². The summed E-state index contributed by atoms with van der Waals surface area (Å²) in [5.74, 6) is 2.15. The molecule has 2 aromatic rings. The number of aromatic nitrogens is 2. The van der Waals surface area contributed by atoms with Crippen molar-refractivity contribution < 1.29 is 0 Å². The summed E-state index contributed by atoms with van der Waals surface area (Å²) in [6, 6.07) is 6.38. The van der Waals surface area contributed by atoms with Gasteiger partial charge in [-0.15, -0.1) is 11.6 Å². The molecule has 4 heteroatoms. The third-order valence-corrected chi connectivity index (χ3v) is 4.81. The van der Waals surface area contributed by atoms with E-state index in [9.17, 15) is 0 Å². The molecular weight excluding hydrogens is 279 g/mol. The molecule has 102 valence electrons. The summed E-state index contributed by atoms with van der Waals surface area (Å²) in [5.41, 5.74) is 2.10. The molecule has 0 spiro atoms. The molecule has 19 heavy (non-hydrogen) atoms. The number of hydrogen-bond acceptors (Lipinski definition) is 1. The number of alkyl halides is 1. The van der Waals surface area contributed by atoms with E-state index in [2.05, 4.69) is 22.5 Å². The maximum absolute atomic E-state index is 6.08. The van der Waals surface area contributed by atoms with Gasteiger partial charge in [-0.3, -0.25) is 0 Å². The Morgan fingerprint density at radius 3 is 2.79 bits per heavy atom. The molecule has 1 aliphatic rings. The molecule has 1 aliphatic carbocycles. The molecule has 3 rings (SSSR count). The molecule has 1 fully saturated rings. The summed E-state index contributed by atoms with van der Waals surface area (Å²) in [6.07, 6.45) is 5.33. The van der Waals surface area contributed by atoms with Gasteiger partial charge in [-0.2, -0.15) is 0 Å². The van der Waals surface area contributed by atoms with E-state index in [1.807, 2.05) is 12.1 Å². The van der Waals surface area contributed by atoms with Gasteiger partial charge in [-0.1, -0.05) is 24.4 Å². The van der Waals surface area contributed by atoms with E-state index in [-0.39, 0.29) is 0 Å². The Morgan fingerprint density at radius 2 is 2.11 bits per heavy atom. The zero-order valence-electron chi connectivity index (χ0n) is 11.1. The van der Waals surface area contributed by atoms with Gasteiger partial charge in [0.1, 0.15) is 5.82 Å². The van der Waals surface area contributed by atoms with Gasteiger partial charge in [0.25, 0.3) is 0 Å². The molecule has 0 saturated heterocycles. The van der Waals surface area contributed by atoms with Crippen LogP contribution in [0.3, 0.4) is 0 Å². The first-order valence-electron chi connectivity index (χ1n) is 6.93. The van der Waals surface area contributed by atoms with Crippen LogP contribution in [0.5, 0.6) is 0 Å². The van der Waals surface area contributed by atoms with E-state index in [0.29, 0.717) is 11.9 Å². The summed E-state index contributed by atoms with van der Waals surface area (Å²) >= 11 is 12.1. The summed E-state index contributed by atoms with van der Waals surface area (Å²) in [5, 5.41) is 0.729. The van der Waals surface area contributed by atoms with Gasteiger partial charge in [-0.05, 0) is 43.9 Å². The van der Waals surface area contributed by atoms with Gasteiger partial charge in [0.05, 0.1) is 16.9 Å². The fourth-order valence-electron chi connectivity index (χ4n) is 3.32. The minimum absolute atomic E-state index is 0.448. The van der Waals surface area contributed by atoms with Crippen LogP contribution in [-0.2, 0) is 5.88 Å². The Balaban J connectivity index is 2.09. The number of fused-ring (bicyclic) bond motifs is 1. The number of benzene rings is 1. The van der Waals surface area contributed by atoms with Crippen molar-refractivity contribution in [3.63, 3.8) is 0 Å². The van der Waals surface area contributed by atoms with Crippen LogP contribution >= 0.6 is 23.2 Å². The third-order valence-electron chi connectivity index (χ3n) is 4.33. The second-order valence-electron chi connectivity index (χ2n) is 5.45. The van der Waals surface area contributed by atoms with E-state index >= 15 is 0 Å². The van der Waals surface area contributed by atoms with Crippen molar-refractivity contribution in [1.29, 1.82) is 0 Å². The van der Waals surface area contributed by atoms with Crippen molar-refractivity contribution in [2.24, 2.45) is 5.92 Å². The molecule has 1 atom stereocenters. The predicted molar refractivity (Wildman–Crippen MR) is 81.0 cm³/mol. The monoisotopic (exact) mass is 296 g/mol. The van der Waals surface area contributed by atoms with E-state index < -0.39 is 0 Å². The average molecular weight is 297 g/mol. The fourth-order valence-corrected chi connectivity index (χ4v) is 3.68. The molecule has 0 amide bonds. The fraction of sp³-hybridized carbons (Fsp3) is 0.533. The Kier molecular flexibility index (Phi) is 3.72. The molecule has 0 aliphatic heterocycles. The minimum atomic E-state index is 0.448. The first-order chi connectivity index (χ1) is 9.20. The number of halogens is 2. The van der Waals surface area contributed by atoms with Crippen LogP contribution in [0, 0.1) is 5.92 Å². The maximum atomic E-state index is 6.08. The topological polar surface area (TPSA) is 17.8 Å².